The first kappa shape index (κ1) is 11.5. The van der Waals surface area contributed by atoms with E-state index in [1.54, 1.807) is 0 Å². The molecule has 80 valence electrons. The molecule has 1 N–H and O–H groups in total. The van der Waals surface area contributed by atoms with Gasteiger partial charge in [0.15, 0.2) is 0 Å². The van der Waals surface area contributed by atoms with E-state index in [9.17, 15) is 5.11 Å². The van der Waals surface area contributed by atoms with Crippen LogP contribution in [0, 0.1) is 5.41 Å². The summed E-state index contributed by atoms with van der Waals surface area (Å²) in [6, 6.07) is 0. The van der Waals surface area contributed by atoms with Gasteiger partial charge in [0.1, 0.15) is 5.60 Å². The topological polar surface area (TPSA) is 20.2 Å². The number of allylic oxidation sites excluding steroid dienone is 2. The zero-order valence-corrected chi connectivity index (χ0v) is 10.0. The molecule has 1 aliphatic rings. The number of aliphatic hydroxyl groups is 1. The molecule has 0 aromatic carbocycles. The van der Waals surface area contributed by atoms with Crippen LogP contribution in [-0.4, -0.2) is 10.7 Å². The molecule has 0 fully saturated rings. The van der Waals surface area contributed by atoms with Crippen molar-refractivity contribution < 1.29 is 5.11 Å². The lowest BCUT2D eigenvalue weighted by Crippen LogP contribution is -2.34. The first-order valence-corrected chi connectivity index (χ1v) is 5.34. The van der Waals surface area contributed by atoms with Crippen LogP contribution in [0.3, 0.4) is 0 Å². The third-order valence-electron chi connectivity index (χ3n) is 2.97. The van der Waals surface area contributed by atoms with E-state index in [1.807, 2.05) is 26.8 Å². The Morgan fingerprint density at radius 3 is 2.36 bits per heavy atom. The maximum atomic E-state index is 10.4. The molecule has 0 aromatic heterocycles. The molecule has 1 nitrogen and oxygen atoms in total. The summed E-state index contributed by atoms with van der Waals surface area (Å²) in [6.07, 6.45) is 6.07. The molecule has 0 aromatic rings. The van der Waals surface area contributed by atoms with E-state index in [1.165, 1.54) is 5.57 Å². The average molecular weight is 194 g/mol. The van der Waals surface area contributed by atoms with Gasteiger partial charge in [0.2, 0.25) is 0 Å². The van der Waals surface area contributed by atoms with Crippen LogP contribution in [-0.2, 0) is 0 Å². The standard InChI is InChI=1S/C13H22O/c1-10(2)8-13(14)7-6-12(4,5)9-11(13)3/h8-9,14H,6-7H2,1-5H3. The highest BCUT2D eigenvalue weighted by Crippen LogP contribution is 2.39. The Morgan fingerprint density at radius 2 is 1.93 bits per heavy atom. The maximum Gasteiger partial charge on any atom is 0.104 e. The summed E-state index contributed by atoms with van der Waals surface area (Å²) in [6.45, 7) is 10.5. The van der Waals surface area contributed by atoms with Crippen molar-refractivity contribution in [2.75, 3.05) is 0 Å². The van der Waals surface area contributed by atoms with E-state index in [4.69, 9.17) is 0 Å². The first-order valence-electron chi connectivity index (χ1n) is 5.34. The second kappa shape index (κ2) is 3.54. The van der Waals surface area contributed by atoms with Crippen molar-refractivity contribution in [3.8, 4) is 0 Å². The molecule has 0 aliphatic heterocycles. The van der Waals surface area contributed by atoms with Gasteiger partial charge in [-0.2, -0.15) is 0 Å². The maximum absolute atomic E-state index is 10.4. The first-order chi connectivity index (χ1) is 6.25. The van der Waals surface area contributed by atoms with Gasteiger partial charge < -0.3 is 5.11 Å². The van der Waals surface area contributed by atoms with Crippen LogP contribution < -0.4 is 0 Å². The zero-order chi connectivity index (χ0) is 11.0. The van der Waals surface area contributed by atoms with Gasteiger partial charge in [0.05, 0.1) is 0 Å². The summed E-state index contributed by atoms with van der Waals surface area (Å²) >= 11 is 0. The fourth-order valence-corrected chi connectivity index (χ4v) is 2.16. The molecule has 0 saturated carbocycles. The van der Waals surface area contributed by atoms with Crippen LogP contribution in [0.2, 0.25) is 0 Å². The Morgan fingerprint density at radius 1 is 1.36 bits per heavy atom. The molecule has 1 unspecified atom stereocenters. The van der Waals surface area contributed by atoms with E-state index < -0.39 is 5.60 Å². The smallest absolute Gasteiger partial charge is 0.104 e. The lowest BCUT2D eigenvalue weighted by Gasteiger charge is -2.37. The Kier molecular flexibility index (Phi) is 2.91. The van der Waals surface area contributed by atoms with Gasteiger partial charge in [-0.25, -0.2) is 0 Å². The summed E-state index contributed by atoms with van der Waals surface area (Å²) in [5.74, 6) is 0. The SMILES string of the molecule is CC(C)=CC1(O)CCC(C)(C)C=C1C. The molecular weight excluding hydrogens is 172 g/mol. The van der Waals surface area contributed by atoms with Crippen molar-refractivity contribution >= 4 is 0 Å². The summed E-state index contributed by atoms with van der Waals surface area (Å²) in [5.41, 5.74) is 1.83. The summed E-state index contributed by atoms with van der Waals surface area (Å²) in [4.78, 5) is 0. The molecule has 1 aliphatic carbocycles. The summed E-state index contributed by atoms with van der Waals surface area (Å²) < 4.78 is 0. The van der Waals surface area contributed by atoms with Crippen molar-refractivity contribution in [2.45, 2.75) is 53.1 Å². The second-order valence-electron chi connectivity index (χ2n) is 5.46. The predicted octanol–water partition coefficient (Wildman–Crippen LogP) is 3.45. The zero-order valence-electron chi connectivity index (χ0n) is 10.0. The largest absolute Gasteiger partial charge is 0.381 e. The normalized spacial score (nSPS) is 30.9. The van der Waals surface area contributed by atoms with E-state index in [-0.39, 0.29) is 5.41 Å². The van der Waals surface area contributed by atoms with Gasteiger partial charge in [-0.15, -0.1) is 0 Å². The van der Waals surface area contributed by atoms with Gasteiger partial charge in [-0.3, -0.25) is 0 Å². The molecule has 1 atom stereocenters. The minimum atomic E-state index is -0.686. The van der Waals surface area contributed by atoms with Gasteiger partial charge in [0, 0.05) is 0 Å². The molecule has 14 heavy (non-hydrogen) atoms. The van der Waals surface area contributed by atoms with Gasteiger partial charge >= 0.3 is 0 Å². The Hall–Kier alpha value is -0.560. The molecule has 0 radical (unpaired) electrons. The molecule has 0 amide bonds. The van der Waals surface area contributed by atoms with Gasteiger partial charge in [-0.05, 0) is 44.6 Å². The van der Waals surface area contributed by atoms with E-state index in [2.05, 4.69) is 19.9 Å². The van der Waals surface area contributed by atoms with Crippen molar-refractivity contribution in [1.82, 2.24) is 0 Å². The van der Waals surface area contributed by atoms with Crippen LogP contribution in [0.15, 0.2) is 23.3 Å². The molecule has 0 saturated heterocycles. The highest BCUT2D eigenvalue weighted by atomic mass is 16.3. The van der Waals surface area contributed by atoms with Crippen LogP contribution in [0.5, 0.6) is 0 Å². The third kappa shape index (κ3) is 2.48. The van der Waals surface area contributed by atoms with Crippen LogP contribution >= 0.6 is 0 Å². The Labute approximate surface area is 87.5 Å². The lowest BCUT2D eigenvalue weighted by molar-refractivity contribution is 0.0931. The Bertz CT molecular complexity index is 280. The third-order valence-corrected chi connectivity index (χ3v) is 2.97. The van der Waals surface area contributed by atoms with Gasteiger partial charge in [0.25, 0.3) is 0 Å². The molecule has 1 rings (SSSR count). The molecule has 0 spiro atoms. The van der Waals surface area contributed by atoms with Crippen LogP contribution in [0.1, 0.15) is 47.5 Å². The molecule has 1 heteroatoms. The number of hydrogen-bond donors (Lipinski definition) is 1. The highest BCUT2D eigenvalue weighted by molar-refractivity contribution is 5.29. The number of rotatable bonds is 1. The molecular formula is C13H22O. The fraction of sp³-hybridized carbons (Fsp3) is 0.692. The van der Waals surface area contributed by atoms with Crippen molar-refractivity contribution in [3.05, 3.63) is 23.3 Å². The van der Waals surface area contributed by atoms with Crippen LogP contribution in [0.25, 0.3) is 0 Å². The van der Waals surface area contributed by atoms with E-state index in [0.717, 1.165) is 18.4 Å². The average Bonchev–Trinajstić information content (AvgIpc) is 1.97. The van der Waals surface area contributed by atoms with Crippen molar-refractivity contribution in [3.63, 3.8) is 0 Å². The molecule has 0 heterocycles. The summed E-state index contributed by atoms with van der Waals surface area (Å²) in [7, 11) is 0. The number of hydrogen-bond acceptors (Lipinski definition) is 1. The quantitative estimate of drug-likeness (QED) is 0.634. The second-order valence-corrected chi connectivity index (χ2v) is 5.46. The minimum Gasteiger partial charge on any atom is -0.381 e. The molecule has 0 bridgehead atoms. The highest BCUT2D eigenvalue weighted by Gasteiger charge is 2.34. The lowest BCUT2D eigenvalue weighted by atomic mass is 9.72. The summed E-state index contributed by atoms with van der Waals surface area (Å²) in [5, 5.41) is 10.4. The monoisotopic (exact) mass is 194 g/mol. The van der Waals surface area contributed by atoms with E-state index in [0.29, 0.717) is 0 Å². The van der Waals surface area contributed by atoms with E-state index >= 15 is 0 Å². The predicted molar refractivity (Wildman–Crippen MR) is 61.2 cm³/mol. The van der Waals surface area contributed by atoms with Crippen LogP contribution in [0.4, 0.5) is 0 Å². The Balaban J connectivity index is 3.01. The van der Waals surface area contributed by atoms with Crippen molar-refractivity contribution in [2.24, 2.45) is 5.41 Å². The minimum absolute atomic E-state index is 0.242. The van der Waals surface area contributed by atoms with Crippen molar-refractivity contribution in [1.29, 1.82) is 0 Å². The fourth-order valence-electron chi connectivity index (χ4n) is 2.16. The van der Waals surface area contributed by atoms with Gasteiger partial charge in [-0.1, -0.05) is 31.6 Å².